The SMILES string of the molecule is CC(=O)c1ccc(Nc2nc3ccccc3c3occc23)cc1. The lowest BCUT2D eigenvalue weighted by Crippen LogP contribution is -1.96. The second-order valence-corrected chi connectivity index (χ2v) is 5.40. The van der Waals surface area contributed by atoms with E-state index in [9.17, 15) is 4.79 Å². The van der Waals surface area contributed by atoms with Gasteiger partial charge in [-0.25, -0.2) is 4.98 Å². The molecule has 0 aliphatic carbocycles. The summed E-state index contributed by atoms with van der Waals surface area (Å²) in [6.45, 7) is 1.56. The number of carbonyl (C=O) groups is 1. The van der Waals surface area contributed by atoms with E-state index in [1.807, 2.05) is 42.5 Å². The number of hydrogen-bond acceptors (Lipinski definition) is 4. The van der Waals surface area contributed by atoms with E-state index in [1.165, 1.54) is 0 Å². The van der Waals surface area contributed by atoms with Crippen LogP contribution in [-0.4, -0.2) is 10.8 Å². The van der Waals surface area contributed by atoms with Gasteiger partial charge < -0.3 is 9.73 Å². The summed E-state index contributed by atoms with van der Waals surface area (Å²) in [7, 11) is 0. The van der Waals surface area contributed by atoms with Crippen molar-refractivity contribution >= 4 is 39.2 Å². The van der Waals surface area contributed by atoms with Gasteiger partial charge in [-0.3, -0.25) is 4.79 Å². The van der Waals surface area contributed by atoms with Gasteiger partial charge in [0.2, 0.25) is 0 Å². The number of aromatic nitrogens is 1. The molecule has 2 aromatic carbocycles. The van der Waals surface area contributed by atoms with Gasteiger partial charge in [0.05, 0.1) is 17.2 Å². The number of benzene rings is 2. The monoisotopic (exact) mass is 302 g/mol. The number of carbonyl (C=O) groups excluding carboxylic acids is 1. The third-order valence-electron chi connectivity index (χ3n) is 3.86. The van der Waals surface area contributed by atoms with Gasteiger partial charge in [-0.2, -0.15) is 0 Å². The van der Waals surface area contributed by atoms with Gasteiger partial charge in [-0.15, -0.1) is 0 Å². The molecule has 112 valence electrons. The largest absolute Gasteiger partial charge is 0.463 e. The highest BCUT2D eigenvalue weighted by Gasteiger charge is 2.11. The van der Waals surface area contributed by atoms with E-state index >= 15 is 0 Å². The Labute approximate surface area is 132 Å². The first kappa shape index (κ1) is 13.5. The summed E-state index contributed by atoms with van der Waals surface area (Å²) in [5.41, 5.74) is 3.26. The summed E-state index contributed by atoms with van der Waals surface area (Å²) < 4.78 is 5.64. The van der Waals surface area contributed by atoms with Crippen LogP contribution in [0.15, 0.2) is 65.3 Å². The minimum atomic E-state index is 0.0533. The van der Waals surface area contributed by atoms with E-state index in [1.54, 1.807) is 25.3 Å². The maximum absolute atomic E-state index is 11.4. The van der Waals surface area contributed by atoms with Gasteiger partial charge in [0.1, 0.15) is 11.4 Å². The molecule has 0 saturated carbocycles. The Bertz CT molecular complexity index is 1020. The number of Topliss-reactive ketones (excluding diaryl/α,β-unsaturated/α-hetero) is 1. The topological polar surface area (TPSA) is 55.1 Å². The molecule has 0 atom stereocenters. The van der Waals surface area contributed by atoms with Crippen LogP contribution in [0.1, 0.15) is 17.3 Å². The van der Waals surface area contributed by atoms with Crippen molar-refractivity contribution in [3.05, 3.63) is 66.4 Å². The molecule has 4 aromatic rings. The van der Waals surface area contributed by atoms with Crippen LogP contribution < -0.4 is 5.32 Å². The normalized spacial score (nSPS) is 11.0. The van der Waals surface area contributed by atoms with Crippen molar-refractivity contribution in [2.45, 2.75) is 6.92 Å². The average Bonchev–Trinajstić information content (AvgIpc) is 3.06. The zero-order chi connectivity index (χ0) is 15.8. The van der Waals surface area contributed by atoms with Crippen LogP contribution in [0.25, 0.3) is 21.9 Å². The molecule has 1 N–H and O–H groups in total. The molecular formula is C19H14N2O2. The number of anilines is 2. The lowest BCUT2D eigenvalue weighted by atomic mass is 10.1. The standard InChI is InChI=1S/C19H14N2O2/c1-12(22)13-6-8-14(9-7-13)20-19-16-10-11-23-18(16)15-4-2-3-5-17(15)21-19/h2-11H,1H3,(H,20,21). The number of rotatable bonds is 3. The number of nitrogens with zero attached hydrogens (tertiary/aromatic N) is 1. The predicted octanol–water partition coefficient (Wildman–Crippen LogP) is 4.93. The van der Waals surface area contributed by atoms with E-state index in [-0.39, 0.29) is 5.78 Å². The van der Waals surface area contributed by atoms with Crippen molar-refractivity contribution in [1.82, 2.24) is 4.98 Å². The fraction of sp³-hybridized carbons (Fsp3) is 0.0526. The van der Waals surface area contributed by atoms with Crippen LogP contribution in [0, 0.1) is 0 Å². The van der Waals surface area contributed by atoms with Gasteiger partial charge >= 0.3 is 0 Å². The first-order valence-corrected chi connectivity index (χ1v) is 7.36. The van der Waals surface area contributed by atoms with Crippen molar-refractivity contribution in [3.63, 3.8) is 0 Å². The summed E-state index contributed by atoms with van der Waals surface area (Å²) in [5.74, 6) is 0.792. The number of pyridine rings is 1. The van der Waals surface area contributed by atoms with E-state index in [0.29, 0.717) is 5.56 Å². The molecule has 0 unspecified atom stereocenters. The van der Waals surface area contributed by atoms with Crippen molar-refractivity contribution in [3.8, 4) is 0 Å². The minimum absolute atomic E-state index is 0.0533. The molecular weight excluding hydrogens is 288 g/mol. The first-order valence-electron chi connectivity index (χ1n) is 7.36. The summed E-state index contributed by atoms with van der Waals surface area (Å²) in [4.78, 5) is 16.0. The maximum Gasteiger partial charge on any atom is 0.159 e. The Kier molecular flexibility index (Phi) is 3.08. The van der Waals surface area contributed by atoms with Crippen LogP contribution in [-0.2, 0) is 0 Å². The lowest BCUT2D eigenvalue weighted by molar-refractivity contribution is 0.101. The second-order valence-electron chi connectivity index (χ2n) is 5.40. The predicted molar refractivity (Wildman–Crippen MR) is 91.2 cm³/mol. The van der Waals surface area contributed by atoms with Crippen molar-refractivity contribution in [2.24, 2.45) is 0 Å². The van der Waals surface area contributed by atoms with Crippen LogP contribution in [0.4, 0.5) is 11.5 Å². The molecule has 0 fully saturated rings. The Morgan fingerprint density at radius 2 is 1.78 bits per heavy atom. The molecule has 23 heavy (non-hydrogen) atoms. The molecule has 0 amide bonds. The third-order valence-corrected chi connectivity index (χ3v) is 3.86. The van der Waals surface area contributed by atoms with E-state index in [0.717, 1.165) is 33.4 Å². The Balaban J connectivity index is 1.81. The molecule has 0 spiro atoms. The van der Waals surface area contributed by atoms with Crippen LogP contribution >= 0.6 is 0 Å². The lowest BCUT2D eigenvalue weighted by Gasteiger charge is -2.09. The number of nitrogens with one attached hydrogen (secondary N) is 1. The fourth-order valence-electron chi connectivity index (χ4n) is 2.67. The first-order chi connectivity index (χ1) is 11.2. The highest BCUT2D eigenvalue weighted by Crippen LogP contribution is 2.31. The summed E-state index contributed by atoms with van der Waals surface area (Å²) in [6.07, 6.45) is 1.67. The molecule has 2 heterocycles. The number of para-hydroxylation sites is 1. The van der Waals surface area contributed by atoms with Gasteiger partial charge in [0.15, 0.2) is 5.78 Å². The van der Waals surface area contributed by atoms with E-state index in [2.05, 4.69) is 5.32 Å². The van der Waals surface area contributed by atoms with Gasteiger partial charge in [0.25, 0.3) is 0 Å². The molecule has 2 aromatic heterocycles. The molecule has 0 bridgehead atoms. The zero-order valence-corrected chi connectivity index (χ0v) is 12.5. The number of ketones is 1. The molecule has 4 nitrogen and oxygen atoms in total. The molecule has 0 aliphatic rings. The smallest absolute Gasteiger partial charge is 0.159 e. The van der Waals surface area contributed by atoms with Crippen LogP contribution in [0.3, 0.4) is 0 Å². The molecule has 0 saturated heterocycles. The van der Waals surface area contributed by atoms with Crippen LogP contribution in [0.5, 0.6) is 0 Å². The van der Waals surface area contributed by atoms with E-state index < -0.39 is 0 Å². The van der Waals surface area contributed by atoms with Gasteiger partial charge in [-0.1, -0.05) is 12.1 Å². The number of fused-ring (bicyclic) bond motifs is 3. The van der Waals surface area contributed by atoms with Crippen LogP contribution in [0.2, 0.25) is 0 Å². The Morgan fingerprint density at radius 1 is 1.00 bits per heavy atom. The third kappa shape index (κ3) is 2.34. The quantitative estimate of drug-likeness (QED) is 0.545. The summed E-state index contributed by atoms with van der Waals surface area (Å²) in [6, 6.07) is 17.1. The zero-order valence-electron chi connectivity index (χ0n) is 12.5. The average molecular weight is 302 g/mol. The fourth-order valence-corrected chi connectivity index (χ4v) is 2.67. The Hall–Kier alpha value is -3.14. The molecule has 0 radical (unpaired) electrons. The maximum atomic E-state index is 11.4. The van der Waals surface area contributed by atoms with Crippen molar-refractivity contribution in [1.29, 1.82) is 0 Å². The van der Waals surface area contributed by atoms with Gasteiger partial charge in [-0.05, 0) is 49.4 Å². The number of furan rings is 1. The second kappa shape index (κ2) is 5.25. The molecule has 4 heteroatoms. The molecule has 0 aliphatic heterocycles. The Morgan fingerprint density at radius 3 is 2.57 bits per heavy atom. The van der Waals surface area contributed by atoms with E-state index in [4.69, 9.17) is 9.40 Å². The van der Waals surface area contributed by atoms with Crippen molar-refractivity contribution < 1.29 is 9.21 Å². The van der Waals surface area contributed by atoms with Crippen molar-refractivity contribution in [2.75, 3.05) is 5.32 Å². The van der Waals surface area contributed by atoms with Gasteiger partial charge in [0, 0.05) is 16.6 Å². The highest BCUT2D eigenvalue weighted by atomic mass is 16.3. The number of hydrogen-bond donors (Lipinski definition) is 1. The minimum Gasteiger partial charge on any atom is -0.463 e. The molecule has 4 rings (SSSR count). The highest BCUT2D eigenvalue weighted by molar-refractivity contribution is 6.07. The summed E-state index contributed by atoms with van der Waals surface area (Å²) in [5, 5.41) is 5.23. The summed E-state index contributed by atoms with van der Waals surface area (Å²) >= 11 is 0.